The number of aromatic nitrogens is 2. The highest BCUT2D eigenvalue weighted by molar-refractivity contribution is 7.80. The van der Waals surface area contributed by atoms with Gasteiger partial charge < -0.3 is 10.6 Å². The van der Waals surface area contributed by atoms with E-state index >= 15 is 0 Å². The number of anilines is 2. The first-order valence-electron chi connectivity index (χ1n) is 8.29. The maximum Gasteiger partial charge on any atom is 0.176 e. The predicted octanol–water partition coefficient (Wildman–Crippen LogP) is 6.26. The lowest BCUT2D eigenvalue weighted by Gasteiger charge is -2.10. The van der Waals surface area contributed by atoms with Gasteiger partial charge in [-0.3, -0.25) is 4.68 Å². The SMILES string of the molecule is CCc1ccc(NC(=S)Nc2nn(Cc3c(Cl)cccc3Cl)cc2Cl)cc1. The number of halogens is 3. The van der Waals surface area contributed by atoms with Gasteiger partial charge in [0.15, 0.2) is 10.9 Å². The van der Waals surface area contributed by atoms with E-state index in [1.807, 2.05) is 12.1 Å². The molecule has 1 heterocycles. The van der Waals surface area contributed by atoms with Crippen LogP contribution in [0.2, 0.25) is 15.1 Å². The van der Waals surface area contributed by atoms with Crippen molar-refractivity contribution in [2.24, 2.45) is 0 Å². The Balaban J connectivity index is 1.68. The Morgan fingerprint density at radius 2 is 1.67 bits per heavy atom. The highest BCUT2D eigenvalue weighted by Crippen LogP contribution is 2.27. The molecule has 0 bridgehead atoms. The van der Waals surface area contributed by atoms with Crippen LogP contribution in [-0.4, -0.2) is 14.9 Å². The van der Waals surface area contributed by atoms with Crippen molar-refractivity contribution < 1.29 is 0 Å². The Hall–Kier alpha value is -1.79. The first-order chi connectivity index (χ1) is 13.0. The molecule has 0 amide bonds. The molecule has 0 spiro atoms. The maximum absolute atomic E-state index is 6.28. The quantitative estimate of drug-likeness (QED) is 0.460. The molecule has 1 aromatic heterocycles. The number of thiocarbonyl (C=S) groups is 1. The molecule has 0 aliphatic rings. The first kappa shape index (κ1) is 20.0. The standard InChI is InChI=1S/C19H17Cl3N4S/c1-2-12-6-8-13(9-7-12)23-19(27)24-18-17(22)11-26(25-18)10-14-15(20)4-3-5-16(14)21/h3-9,11H,2,10H2,1H3,(H2,23,24,25,27). The van der Waals surface area contributed by atoms with Crippen LogP contribution in [0.25, 0.3) is 0 Å². The van der Waals surface area contributed by atoms with Gasteiger partial charge in [0.1, 0.15) is 5.02 Å². The second-order valence-corrected chi connectivity index (χ2v) is 7.48. The maximum atomic E-state index is 6.28. The normalized spacial score (nSPS) is 10.7. The van der Waals surface area contributed by atoms with Gasteiger partial charge in [0.25, 0.3) is 0 Å². The van der Waals surface area contributed by atoms with Crippen LogP contribution in [0.4, 0.5) is 11.5 Å². The van der Waals surface area contributed by atoms with E-state index in [-0.39, 0.29) is 0 Å². The van der Waals surface area contributed by atoms with Crippen LogP contribution >= 0.6 is 47.0 Å². The van der Waals surface area contributed by atoms with Crippen molar-refractivity contribution in [1.82, 2.24) is 9.78 Å². The first-order valence-corrected chi connectivity index (χ1v) is 9.83. The van der Waals surface area contributed by atoms with E-state index in [0.717, 1.165) is 17.7 Å². The molecule has 3 aromatic rings. The third-order valence-corrected chi connectivity index (χ3v) is 5.14. The van der Waals surface area contributed by atoms with E-state index in [0.29, 0.717) is 32.5 Å². The summed E-state index contributed by atoms with van der Waals surface area (Å²) in [6.45, 7) is 2.52. The van der Waals surface area contributed by atoms with Crippen molar-refractivity contribution in [3.05, 3.63) is 74.9 Å². The van der Waals surface area contributed by atoms with Gasteiger partial charge in [0, 0.05) is 27.5 Å². The van der Waals surface area contributed by atoms with Crippen molar-refractivity contribution in [3.63, 3.8) is 0 Å². The fraction of sp³-hybridized carbons (Fsp3) is 0.158. The van der Waals surface area contributed by atoms with E-state index < -0.39 is 0 Å². The Morgan fingerprint density at radius 1 is 1.00 bits per heavy atom. The van der Waals surface area contributed by atoms with E-state index in [1.54, 1.807) is 29.1 Å². The second kappa shape index (κ2) is 8.93. The van der Waals surface area contributed by atoms with Crippen LogP contribution in [0.1, 0.15) is 18.1 Å². The highest BCUT2D eigenvalue weighted by Gasteiger charge is 2.12. The zero-order valence-electron chi connectivity index (χ0n) is 14.5. The Kier molecular flexibility index (Phi) is 6.60. The average Bonchev–Trinajstić information content (AvgIpc) is 2.98. The van der Waals surface area contributed by atoms with Crippen molar-refractivity contribution in [2.45, 2.75) is 19.9 Å². The fourth-order valence-corrected chi connectivity index (χ4v) is 3.43. The van der Waals surface area contributed by atoms with Crippen molar-refractivity contribution in [3.8, 4) is 0 Å². The third-order valence-electron chi connectivity index (χ3n) is 3.95. The summed E-state index contributed by atoms with van der Waals surface area (Å²) >= 11 is 24.1. The molecule has 0 unspecified atom stereocenters. The molecule has 27 heavy (non-hydrogen) atoms. The zero-order chi connectivity index (χ0) is 19.4. The van der Waals surface area contributed by atoms with Crippen LogP contribution in [0, 0.1) is 0 Å². The minimum atomic E-state index is 0.401. The summed E-state index contributed by atoms with van der Waals surface area (Å²) in [5.41, 5.74) is 2.94. The number of nitrogens with one attached hydrogen (secondary N) is 2. The van der Waals surface area contributed by atoms with Gasteiger partial charge in [0.2, 0.25) is 0 Å². The molecule has 4 nitrogen and oxygen atoms in total. The molecule has 0 saturated carbocycles. The van der Waals surface area contributed by atoms with Gasteiger partial charge in [-0.15, -0.1) is 0 Å². The molecule has 0 radical (unpaired) electrons. The lowest BCUT2D eigenvalue weighted by atomic mass is 10.1. The number of hydrogen-bond donors (Lipinski definition) is 2. The molecule has 0 aliphatic heterocycles. The van der Waals surface area contributed by atoms with Gasteiger partial charge in [-0.05, 0) is 48.5 Å². The zero-order valence-corrected chi connectivity index (χ0v) is 17.6. The Labute approximate surface area is 178 Å². The number of nitrogens with zero attached hydrogens (tertiary/aromatic N) is 2. The molecule has 8 heteroatoms. The molecule has 0 saturated heterocycles. The molecule has 140 valence electrons. The highest BCUT2D eigenvalue weighted by atomic mass is 35.5. The molecule has 0 atom stereocenters. The fourth-order valence-electron chi connectivity index (χ4n) is 2.50. The second-order valence-electron chi connectivity index (χ2n) is 5.85. The molecule has 3 rings (SSSR count). The van der Waals surface area contributed by atoms with Crippen LogP contribution < -0.4 is 10.6 Å². The third kappa shape index (κ3) is 5.14. The monoisotopic (exact) mass is 438 g/mol. The molecular weight excluding hydrogens is 423 g/mol. The minimum Gasteiger partial charge on any atom is -0.332 e. The largest absolute Gasteiger partial charge is 0.332 e. The summed E-state index contributed by atoms with van der Waals surface area (Å²) in [4.78, 5) is 0. The number of aryl methyl sites for hydroxylation is 1. The topological polar surface area (TPSA) is 41.9 Å². The summed E-state index contributed by atoms with van der Waals surface area (Å²) < 4.78 is 1.66. The lowest BCUT2D eigenvalue weighted by Crippen LogP contribution is -2.19. The molecule has 0 fully saturated rings. The van der Waals surface area contributed by atoms with Gasteiger partial charge in [-0.1, -0.05) is 59.9 Å². The van der Waals surface area contributed by atoms with E-state index in [9.17, 15) is 0 Å². The van der Waals surface area contributed by atoms with Gasteiger partial charge in [-0.25, -0.2) is 0 Å². The summed E-state index contributed by atoms with van der Waals surface area (Å²) in [5.74, 6) is 0.461. The minimum absolute atomic E-state index is 0.401. The lowest BCUT2D eigenvalue weighted by molar-refractivity contribution is 0.690. The number of rotatable bonds is 5. The Morgan fingerprint density at radius 3 is 2.30 bits per heavy atom. The van der Waals surface area contributed by atoms with E-state index in [4.69, 9.17) is 47.0 Å². The molecule has 2 aromatic carbocycles. The number of hydrogen-bond acceptors (Lipinski definition) is 2. The number of benzene rings is 2. The van der Waals surface area contributed by atoms with Crippen LogP contribution in [-0.2, 0) is 13.0 Å². The van der Waals surface area contributed by atoms with Crippen molar-refractivity contribution >= 4 is 63.6 Å². The summed E-state index contributed by atoms with van der Waals surface area (Å²) in [6.07, 6.45) is 2.69. The van der Waals surface area contributed by atoms with E-state index in [2.05, 4.69) is 34.8 Å². The van der Waals surface area contributed by atoms with Crippen molar-refractivity contribution in [2.75, 3.05) is 10.6 Å². The predicted molar refractivity (Wildman–Crippen MR) is 118 cm³/mol. The molecule has 0 aliphatic carbocycles. The van der Waals surface area contributed by atoms with Gasteiger partial charge in [0.05, 0.1) is 6.54 Å². The smallest absolute Gasteiger partial charge is 0.176 e. The average molecular weight is 440 g/mol. The molecular formula is C19H17Cl3N4S. The van der Waals surface area contributed by atoms with Crippen LogP contribution in [0.15, 0.2) is 48.7 Å². The van der Waals surface area contributed by atoms with Crippen molar-refractivity contribution in [1.29, 1.82) is 0 Å². The van der Waals surface area contributed by atoms with E-state index in [1.165, 1.54) is 5.56 Å². The van der Waals surface area contributed by atoms with Crippen LogP contribution in [0.3, 0.4) is 0 Å². The van der Waals surface area contributed by atoms with Gasteiger partial charge in [-0.2, -0.15) is 5.10 Å². The van der Waals surface area contributed by atoms with Gasteiger partial charge >= 0.3 is 0 Å². The van der Waals surface area contributed by atoms with Crippen LogP contribution in [0.5, 0.6) is 0 Å². The summed E-state index contributed by atoms with van der Waals surface area (Å²) in [5, 5.41) is 12.6. The summed E-state index contributed by atoms with van der Waals surface area (Å²) in [7, 11) is 0. The molecule has 2 N–H and O–H groups in total. The Bertz CT molecular complexity index is 934. The summed E-state index contributed by atoms with van der Waals surface area (Å²) in [6, 6.07) is 13.4.